The summed E-state index contributed by atoms with van der Waals surface area (Å²) in [7, 11) is 2.00. The molecule has 104 valence electrons. The van der Waals surface area contributed by atoms with Crippen molar-refractivity contribution >= 4 is 17.7 Å². The average Bonchev–Trinajstić information content (AvgIpc) is 2.97. The highest BCUT2D eigenvalue weighted by Gasteiger charge is 2.35. The molecule has 3 nitrogen and oxygen atoms in total. The zero-order chi connectivity index (χ0) is 13.1. The van der Waals surface area contributed by atoms with Crippen molar-refractivity contribution < 1.29 is 4.79 Å². The first-order valence-corrected chi connectivity index (χ1v) is 8.30. The monoisotopic (exact) mass is 270 g/mol. The van der Waals surface area contributed by atoms with E-state index in [-0.39, 0.29) is 12.0 Å². The molecule has 2 N–H and O–H groups in total. The minimum atomic E-state index is 0.197. The van der Waals surface area contributed by atoms with Crippen molar-refractivity contribution in [2.24, 2.45) is 11.7 Å². The van der Waals surface area contributed by atoms with Crippen molar-refractivity contribution in [3.8, 4) is 0 Å². The third-order valence-electron chi connectivity index (χ3n) is 4.48. The van der Waals surface area contributed by atoms with Gasteiger partial charge in [0.25, 0.3) is 0 Å². The summed E-state index contributed by atoms with van der Waals surface area (Å²) in [6.45, 7) is 2.22. The molecule has 4 atom stereocenters. The molecule has 0 radical (unpaired) electrons. The molecule has 0 aromatic carbocycles. The van der Waals surface area contributed by atoms with E-state index in [0.717, 1.165) is 24.5 Å². The van der Waals surface area contributed by atoms with E-state index in [9.17, 15) is 4.79 Å². The third-order valence-corrected chi connectivity index (χ3v) is 5.71. The first-order valence-electron chi connectivity index (χ1n) is 7.25. The van der Waals surface area contributed by atoms with E-state index >= 15 is 0 Å². The highest BCUT2D eigenvalue weighted by molar-refractivity contribution is 7.99. The van der Waals surface area contributed by atoms with E-state index in [4.69, 9.17) is 5.73 Å². The fourth-order valence-corrected chi connectivity index (χ4v) is 4.50. The molecule has 2 aliphatic rings. The van der Waals surface area contributed by atoms with Gasteiger partial charge in [-0.1, -0.05) is 6.92 Å². The minimum absolute atomic E-state index is 0.197. The Kier molecular flexibility index (Phi) is 4.96. The number of carbonyl (C=O) groups is 1. The molecule has 1 amide bonds. The molecule has 2 fully saturated rings. The fraction of sp³-hybridized carbons (Fsp3) is 0.929. The van der Waals surface area contributed by atoms with Crippen molar-refractivity contribution in [2.45, 2.75) is 62.8 Å². The average molecular weight is 270 g/mol. The van der Waals surface area contributed by atoms with Crippen molar-refractivity contribution in [3.63, 3.8) is 0 Å². The Morgan fingerprint density at radius 1 is 1.28 bits per heavy atom. The molecular formula is C14H26N2OS. The lowest BCUT2D eigenvalue weighted by atomic mass is 10.0. The highest BCUT2D eigenvalue weighted by atomic mass is 32.2. The normalized spacial score (nSPS) is 35.9. The largest absolute Gasteiger partial charge is 0.342 e. The lowest BCUT2D eigenvalue weighted by Crippen LogP contribution is -2.39. The summed E-state index contributed by atoms with van der Waals surface area (Å²) in [5.41, 5.74) is 5.90. The molecule has 0 bridgehead atoms. The number of nitrogens with zero attached hydrogens (tertiary/aromatic N) is 1. The Balaban J connectivity index is 1.84. The van der Waals surface area contributed by atoms with Gasteiger partial charge in [0.2, 0.25) is 5.91 Å². The molecule has 0 aromatic rings. The SMILES string of the molecule is CCSC1CCC(N(C)C(=O)C2CCC(N)C2)C1. The summed E-state index contributed by atoms with van der Waals surface area (Å²) < 4.78 is 0. The Labute approximate surface area is 115 Å². The van der Waals surface area contributed by atoms with E-state index in [0.29, 0.717) is 11.9 Å². The van der Waals surface area contributed by atoms with E-state index in [1.165, 1.54) is 25.0 Å². The van der Waals surface area contributed by atoms with Crippen LogP contribution in [0, 0.1) is 5.92 Å². The van der Waals surface area contributed by atoms with Gasteiger partial charge in [-0.25, -0.2) is 0 Å². The number of carbonyl (C=O) groups excluding carboxylic acids is 1. The fourth-order valence-electron chi connectivity index (χ4n) is 3.36. The van der Waals surface area contributed by atoms with Crippen LogP contribution in [0.2, 0.25) is 0 Å². The number of nitrogens with two attached hydrogens (primary N) is 1. The van der Waals surface area contributed by atoms with Crippen molar-refractivity contribution in [1.82, 2.24) is 4.90 Å². The second-order valence-electron chi connectivity index (χ2n) is 5.76. The van der Waals surface area contributed by atoms with Crippen LogP contribution in [-0.4, -0.2) is 40.9 Å². The summed E-state index contributed by atoms with van der Waals surface area (Å²) in [6.07, 6.45) is 6.53. The molecule has 0 heterocycles. The zero-order valence-corrected chi connectivity index (χ0v) is 12.4. The van der Waals surface area contributed by atoms with Gasteiger partial charge < -0.3 is 10.6 Å². The van der Waals surface area contributed by atoms with Gasteiger partial charge >= 0.3 is 0 Å². The molecule has 4 heteroatoms. The van der Waals surface area contributed by atoms with Gasteiger partial charge in [0.05, 0.1) is 0 Å². The number of hydrogen-bond donors (Lipinski definition) is 1. The van der Waals surface area contributed by atoms with Crippen LogP contribution >= 0.6 is 11.8 Å². The van der Waals surface area contributed by atoms with E-state index < -0.39 is 0 Å². The van der Waals surface area contributed by atoms with Gasteiger partial charge in [0, 0.05) is 30.3 Å². The number of thioether (sulfide) groups is 1. The maximum absolute atomic E-state index is 12.4. The third kappa shape index (κ3) is 3.21. The first kappa shape index (κ1) is 14.2. The van der Waals surface area contributed by atoms with Crippen LogP contribution in [0.15, 0.2) is 0 Å². The molecule has 4 unspecified atom stereocenters. The standard InChI is InChI=1S/C14H26N2OS/c1-3-18-13-7-6-12(9-13)16(2)14(17)10-4-5-11(15)8-10/h10-13H,3-9,15H2,1-2H3. The van der Waals surface area contributed by atoms with Gasteiger partial charge in [-0.2, -0.15) is 11.8 Å². The molecule has 2 aliphatic carbocycles. The first-order chi connectivity index (χ1) is 8.61. The smallest absolute Gasteiger partial charge is 0.225 e. The van der Waals surface area contributed by atoms with Crippen molar-refractivity contribution in [1.29, 1.82) is 0 Å². The summed E-state index contributed by atoms with van der Waals surface area (Å²) in [6, 6.07) is 0.720. The van der Waals surface area contributed by atoms with Crippen LogP contribution < -0.4 is 5.73 Å². The van der Waals surface area contributed by atoms with Crippen LogP contribution in [0.25, 0.3) is 0 Å². The van der Waals surface area contributed by atoms with Crippen LogP contribution in [0.4, 0.5) is 0 Å². The highest BCUT2D eigenvalue weighted by Crippen LogP contribution is 2.34. The summed E-state index contributed by atoms with van der Waals surface area (Å²) >= 11 is 2.05. The Hall–Kier alpha value is -0.220. The maximum Gasteiger partial charge on any atom is 0.225 e. The van der Waals surface area contributed by atoms with Gasteiger partial charge in [-0.05, 0) is 44.3 Å². The Bertz CT molecular complexity index is 298. The summed E-state index contributed by atoms with van der Waals surface area (Å²) in [5, 5.41) is 0.765. The van der Waals surface area contributed by atoms with E-state index in [2.05, 4.69) is 6.92 Å². The van der Waals surface area contributed by atoms with Crippen molar-refractivity contribution in [3.05, 3.63) is 0 Å². The predicted octanol–water partition coefficient (Wildman–Crippen LogP) is 2.25. The van der Waals surface area contributed by atoms with Crippen LogP contribution in [0.3, 0.4) is 0 Å². The predicted molar refractivity (Wildman–Crippen MR) is 77.6 cm³/mol. The summed E-state index contributed by atoms with van der Waals surface area (Å²) in [5.74, 6) is 1.73. The van der Waals surface area contributed by atoms with Crippen LogP contribution in [-0.2, 0) is 4.79 Å². The molecule has 0 spiro atoms. The quantitative estimate of drug-likeness (QED) is 0.852. The van der Waals surface area contributed by atoms with Gasteiger partial charge in [-0.3, -0.25) is 4.79 Å². The number of amides is 1. The zero-order valence-electron chi connectivity index (χ0n) is 11.6. The van der Waals surface area contributed by atoms with Crippen molar-refractivity contribution in [2.75, 3.05) is 12.8 Å². The lowest BCUT2D eigenvalue weighted by molar-refractivity contribution is -0.136. The van der Waals surface area contributed by atoms with Gasteiger partial charge in [-0.15, -0.1) is 0 Å². The molecule has 18 heavy (non-hydrogen) atoms. The van der Waals surface area contributed by atoms with E-state index in [1.54, 1.807) is 0 Å². The van der Waals surface area contributed by atoms with Crippen LogP contribution in [0.1, 0.15) is 45.4 Å². The minimum Gasteiger partial charge on any atom is -0.342 e. The summed E-state index contributed by atoms with van der Waals surface area (Å²) in [4.78, 5) is 14.4. The number of rotatable bonds is 4. The molecule has 0 saturated heterocycles. The number of hydrogen-bond acceptors (Lipinski definition) is 3. The Morgan fingerprint density at radius 2 is 2.06 bits per heavy atom. The molecule has 0 aliphatic heterocycles. The Morgan fingerprint density at radius 3 is 2.67 bits per heavy atom. The molecule has 0 aromatic heterocycles. The molecule has 2 saturated carbocycles. The van der Waals surface area contributed by atoms with E-state index in [1.807, 2.05) is 23.7 Å². The topological polar surface area (TPSA) is 46.3 Å². The van der Waals surface area contributed by atoms with Gasteiger partial charge in [0.15, 0.2) is 0 Å². The van der Waals surface area contributed by atoms with Gasteiger partial charge in [0.1, 0.15) is 0 Å². The molecule has 2 rings (SSSR count). The second-order valence-corrected chi connectivity index (χ2v) is 7.34. The molecular weight excluding hydrogens is 244 g/mol. The van der Waals surface area contributed by atoms with Crippen LogP contribution in [0.5, 0.6) is 0 Å². The lowest BCUT2D eigenvalue weighted by Gasteiger charge is -2.27. The second kappa shape index (κ2) is 6.29. The maximum atomic E-state index is 12.4.